The number of amides is 1. The molecule has 0 radical (unpaired) electrons. The summed E-state index contributed by atoms with van der Waals surface area (Å²) in [7, 11) is 0. The molecule has 1 atom stereocenters. The van der Waals surface area contributed by atoms with E-state index in [1.54, 1.807) is 4.68 Å². The van der Waals surface area contributed by atoms with Gasteiger partial charge in [-0.2, -0.15) is 10.2 Å². The van der Waals surface area contributed by atoms with Crippen molar-refractivity contribution in [2.45, 2.75) is 33.4 Å². The van der Waals surface area contributed by atoms with Gasteiger partial charge in [-0.05, 0) is 20.8 Å². The fraction of sp³-hybridized carbons (Fsp3) is 0.455. The van der Waals surface area contributed by atoms with Crippen molar-refractivity contribution >= 4 is 11.6 Å². The number of aromatic amines is 1. The number of aryl methyl sites for hydroxylation is 1. The molecule has 1 unspecified atom stereocenters. The summed E-state index contributed by atoms with van der Waals surface area (Å²) in [5.41, 5.74) is 7.96. The topological polar surface area (TPSA) is 115 Å². The van der Waals surface area contributed by atoms with Crippen LogP contribution in [0.3, 0.4) is 0 Å². The Kier molecular flexibility index (Phi) is 3.50. The molecule has 2 heterocycles. The third kappa shape index (κ3) is 2.72. The first kappa shape index (κ1) is 13.1. The minimum atomic E-state index is -0.232. The van der Waals surface area contributed by atoms with Gasteiger partial charge in [-0.15, -0.1) is 0 Å². The van der Waals surface area contributed by atoms with Crippen molar-refractivity contribution < 1.29 is 4.79 Å². The van der Waals surface area contributed by atoms with Gasteiger partial charge in [0, 0.05) is 0 Å². The highest BCUT2D eigenvalue weighted by Gasteiger charge is 2.15. The number of nitrogens with one attached hydrogen (secondary N) is 2. The standard InChI is InChI=1S/C11H17N7O/c1-6-10(12)8(3)18(17-6)4-9(19)15-7(2)11-13-5-14-16-11/h5,7H,4,12H2,1-3H3,(H,15,19)(H,13,14,16). The molecule has 8 nitrogen and oxygen atoms in total. The van der Waals surface area contributed by atoms with Gasteiger partial charge in [0.25, 0.3) is 0 Å². The van der Waals surface area contributed by atoms with Crippen molar-refractivity contribution in [2.24, 2.45) is 0 Å². The number of hydrogen-bond acceptors (Lipinski definition) is 5. The highest BCUT2D eigenvalue weighted by molar-refractivity contribution is 5.76. The van der Waals surface area contributed by atoms with E-state index in [4.69, 9.17) is 5.73 Å². The monoisotopic (exact) mass is 263 g/mol. The van der Waals surface area contributed by atoms with E-state index >= 15 is 0 Å². The largest absolute Gasteiger partial charge is 0.396 e. The Morgan fingerprint density at radius 1 is 1.58 bits per heavy atom. The summed E-state index contributed by atoms with van der Waals surface area (Å²) < 4.78 is 1.59. The van der Waals surface area contributed by atoms with Gasteiger partial charge in [0.15, 0.2) is 0 Å². The Morgan fingerprint density at radius 3 is 2.84 bits per heavy atom. The van der Waals surface area contributed by atoms with Gasteiger partial charge in [0.2, 0.25) is 5.91 Å². The van der Waals surface area contributed by atoms with Crippen LogP contribution in [0.15, 0.2) is 6.33 Å². The Balaban J connectivity index is 2.00. The van der Waals surface area contributed by atoms with Gasteiger partial charge < -0.3 is 11.1 Å². The lowest BCUT2D eigenvalue weighted by Crippen LogP contribution is -2.31. The first-order chi connectivity index (χ1) is 8.99. The van der Waals surface area contributed by atoms with Crippen molar-refractivity contribution in [3.8, 4) is 0 Å². The molecule has 0 fully saturated rings. The summed E-state index contributed by atoms with van der Waals surface area (Å²) in [4.78, 5) is 15.9. The van der Waals surface area contributed by atoms with Gasteiger partial charge in [0.1, 0.15) is 18.7 Å². The van der Waals surface area contributed by atoms with Crippen molar-refractivity contribution in [2.75, 3.05) is 5.73 Å². The fourth-order valence-electron chi connectivity index (χ4n) is 1.78. The molecule has 2 aromatic rings. The van der Waals surface area contributed by atoms with E-state index in [2.05, 4.69) is 25.6 Å². The number of nitrogen functional groups attached to an aromatic ring is 1. The van der Waals surface area contributed by atoms with Crippen LogP contribution in [0.4, 0.5) is 5.69 Å². The van der Waals surface area contributed by atoms with Crippen LogP contribution in [-0.2, 0) is 11.3 Å². The maximum atomic E-state index is 11.9. The second kappa shape index (κ2) is 5.09. The minimum absolute atomic E-state index is 0.127. The highest BCUT2D eigenvalue weighted by atomic mass is 16.2. The first-order valence-electron chi connectivity index (χ1n) is 5.93. The first-order valence-corrected chi connectivity index (χ1v) is 5.93. The maximum Gasteiger partial charge on any atom is 0.242 e. The van der Waals surface area contributed by atoms with Crippen LogP contribution in [0.1, 0.15) is 30.2 Å². The summed E-state index contributed by atoms with van der Waals surface area (Å²) in [5, 5.41) is 13.5. The molecule has 0 aliphatic carbocycles. The number of anilines is 1. The normalized spacial score (nSPS) is 12.4. The zero-order valence-electron chi connectivity index (χ0n) is 11.1. The molecular formula is C11H17N7O. The molecular weight excluding hydrogens is 246 g/mol. The third-order valence-electron chi connectivity index (χ3n) is 2.95. The Bertz CT molecular complexity index is 572. The molecule has 19 heavy (non-hydrogen) atoms. The van der Waals surface area contributed by atoms with E-state index in [-0.39, 0.29) is 18.5 Å². The smallest absolute Gasteiger partial charge is 0.242 e. The highest BCUT2D eigenvalue weighted by Crippen LogP contribution is 2.14. The van der Waals surface area contributed by atoms with E-state index in [0.29, 0.717) is 11.5 Å². The summed E-state index contributed by atoms with van der Waals surface area (Å²) in [6.45, 7) is 5.60. The molecule has 2 rings (SSSR count). The number of aromatic nitrogens is 5. The lowest BCUT2D eigenvalue weighted by Gasteiger charge is -2.11. The molecule has 0 aliphatic heterocycles. The van der Waals surface area contributed by atoms with Crippen LogP contribution in [0.5, 0.6) is 0 Å². The third-order valence-corrected chi connectivity index (χ3v) is 2.95. The van der Waals surface area contributed by atoms with E-state index in [9.17, 15) is 4.79 Å². The molecule has 2 aromatic heterocycles. The number of nitrogens with two attached hydrogens (primary N) is 1. The second-order valence-corrected chi connectivity index (χ2v) is 4.40. The Morgan fingerprint density at radius 2 is 2.32 bits per heavy atom. The maximum absolute atomic E-state index is 11.9. The van der Waals surface area contributed by atoms with Gasteiger partial charge >= 0.3 is 0 Å². The van der Waals surface area contributed by atoms with Crippen molar-refractivity contribution in [3.05, 3.63) is 23.5 Å². The van der Waals surface area contributed by atoms with E-state index < -0.39 is 0 Å². The zero-order valence-corrected chi connectivity index (χ0v) is 11.1. The van der Waals surface area contributed by atoms with Crippen molar-refractivity contribution in [1.29, 1.82) is 0 Å². The quantitative estimate of drug-likeness (QED) is 0.722. The van der Waals surface area contributed by atoms with Crippen LogP contribution in [0.25, 0.3) is 0 Å². The van der Waals surface area contributed by atoms with Crippen LogP contribution in [0.2, 0.25) is 0 Å². The molecule has 0 saturated heterocycles. The lowest BCUT2D eigenvalue weighted by atomic mass is 10.3. The molecule has 0 saturated carbocycles. The van der Waals surface area contributed by atoms with Gasteiger partial charge in [-0.25, -0.2) is 4.98 Å². The van der Waals surface area contributed by atoms with Crippen molar-refractivity contribution in [1.82, 2.24) is 30.3 Å². The van der Waals surface area contributed by atoms with E-state index in [1.165, 1.54) is 6.33 Å². The Labute approximate surface area is 110 Å². The van der Waals surface area contributed by atoms with Gasteiger partial charge in [0.05, 0.1) is 23.1 Å². The SMILES string of the molecule is Cc1nn(CC(=O)NC(C)c2ncn[nH]2)c(C)c1N. The number of rotatable bonds is 4. The molecule has 4 N–H and O–H groups in total. The van der Waals surface area contributed by atoms with Crippen LogP contribution >= 0.6 is 0 Å². The average Bonchev–Trinajstić information content (AvgIpc) is 2.96. The lowest BCUT2D eigenvalue weighted by molar-refractivity contribution is -0.122. The van der Waals surface area contributed by atoms with Gasteiger partial charge in [-0.1, -0.05) is 0 Å². The van der Waals surface area contributed by atoms with E-state index in [0.717, 1.165) is 11.4 Å². The van der Waals surface area contributed by atoms with Gasteiger partial charge in [-0.3, -0.25) is 14.6 Å². The number of H-pyrrole nitrogens is 1. The minimum Gasteiger partial charge on any atom is -0.396 e. The predicted molar refractivity (Wildman–Crippen MR) is 69.1 cm³/mol. The van der Waals surface area contributed by atoms with E-state index in [1.807, 2.05) is 20.8 Å². The summed E-state index contributed by atoms with van der Waals surface area (Å²) in [6.07, 6.45) is 1.40. The molecule has 0 aliphatic rings. The molecule has 102 valence electrons. The second-order valence-electron chi connectivity index (χ2n) is 4.40. The molecule has 1 amide bonds. The molecule has 0 bridgehead atoms. The van der Waals surface area contributed by atoms with Crippen molar-refractivity contribution in [3.63, 3.8) is 0 Å². The number of carbonyl (C=O) groups excluding carboxylic acids is 1. The summed E-state index contributed by atoms with van der Waals surface area (Å²) in [5.74, 6) is 0.454. The molecule has 0 aromatic carbocycles. The zero-order chi connectivity index (χ0) is 14.0. The van der Waals surface area contributed by atoms with Crippen LogP contribution < -0.4 is 11.1 Å². The van der Waals surface area contributed by atoms with Crippen LogP contribution in [-0.4, -0.2) is 30.9 Å². The number of hydrogen-bond donors (Lipinski definition) is 3. The average molecular weight is 263 g/mol. The Hall–Kier alpha value is -2.38. The number of nitrogens with zero attached hydrogens (tertiary/aromatic N) is 4. The molecule has 8 heteroatoms. The van der Waals surface area contributed by atoms with Crippen LogP contribution in [0, 0.1) is 13.8 Å². The predicted octanol–water partition coefficient (Wildman–Crippen LogP) is 0.0776. The summed E-state index contributed by atoms with van der Waals surface area (Å²) >= 11 is 0. The number of carbonyl (C=O) groups is 1. The summed E-state index contributed by atoms with van der Waals surface area (Å²) in [6, 6.07) is -0.232. The molecule has 0 spiro atoms. The fourth-order valence-corrected chi connectivity index (χ4v) is 1.78.